The van der Waals surface area contributed by atoms with Crippen molar-refractivity contribution < 1.29 is 9.18 Å². The molecule has 4 rings (SSSR count). The van der Waals surface area contributed by atoms with Crippen LogP contribution in [0.25, 0.3) is 10.9 Å². The van der Waals surface area contributed by atoms with Gasteiger partial charge in [-0.3, -0.25) is 4.79 Å². The number of hydrogen-bond acceptors (Lipinski definition) is 2. The molecule has 0 aliphatic carbocycles. The summed E-state index contributed by atoms with van der Waals surface area (Å²) in [6, 6.07) is 22.2. The van der Waals surface area contributed by atoms with Gasteiger partial charge in [-0.2, -0.15) is 0 Å². The van der Waals surface area contributed by atoms with Crippen molar-refractivity contribution in [2.45, 2.75) is 23.5 Å². The Labute approximate surface area is 167 Å². The summed E-state index contributed by atoms with van der Waals surface area (Å²) in [6.45, 7) is 2.10. The molecule has 0 radical (unpaired) electrons. The molecule has 3 aromatic carbocycles. The van der Waals surface area contributed by atoms with Crippen molar-refractivity contribution in [3.8, 4) is 0 Å². The highest BCUT2D eigenvalue weighted by atomic mass is 32.2. The minimum Gasteiger partial charge on any atom is -0.360 e. The van der Waals surface area contributed by atoms with Crippen molar-refractivity contribution in [2.24, 2.45) is 0 Å². The molecule has 1 heterocycles. The molecular formula is C24H20FNOS. The third-order valence-corrected chi connectivity index (χ3v) is 6.18. The zero-order valence-corrected chi connectivity index (χ0v) is 16.3. The van der Waals surface area contributed by atoms with Crippen LogP contribution in [-0.4, -0.2) is 10.8 Å². The van der Waals surface area contributed by atoms with E-state index in [-0.39, 0.29) is 11.6 Å². The van der Waals surface area contributed by atoms with Crippen LogP contribution in [0.1, 0.15) is 33.7 Å². The van der Waals surface area contributed by atoms with Crippen LogP contribution in [0.2, 0.25) is 0 Å². The van der Waals surface area contributed by atoms with Crippen molar-refractivity contribution in [1.82, 2.24) is 4.98 Å². The molecule has 0 unspecified atom stereocenters. The number of Topliss-reactive ketones (excluding diaryl/α,β-unsaturated/α-hetero) is 1. The molecule has 0 amide bonds. The normalized spacial score (nSPS) is 12.2. The van der Waals surface area contributed by atoms with Crippen LogP contribution in [0.5, 0.6) is 0 Å². The van der Waals surface area contributed by atoms with Gasteiger partial charge in [0.15, 0.2) is 5.78 Å². The lowest BCUT2D eigenvalue weighted by Gasteiger charge is -2.16. The zero-order chi connectivity index (χ0) is 19.5. The van der Waals surface area contributed by atoms with Gasteiger partial charge in [-0.25, -0.2) is 4.39 Å². The molecule has 28 heavy (non-hydrogen) atoms. The monoisotopic (exact) mass is 389 g/mol. The number of nitrogens with one attached hydrogen (secondary N) is 1. The predicted octanol–water partition coefficient (Wildman–Crippen LogP) is 6.59. The maximum absolute atomic E-state index is 14.3. The Morgan fingerprint density at radius 2 is 1.75 bits per heavy atom. The van der Waals surface area contributed by atoms with Gasteiger partial charge in [-0.15, -0.1) is 11.8 Å². The van der Waals surface area contributed by atoms with Crippen molar-refractivity contribution in [3.05, 3.63) is 102 Å². The van der Waals surface area contributed by atoms with Crippen molar-refractivity contribution in [1.29, 1.82) is 0 Å². The largest absolute Gasteiger partial charge is 0.360 e. The number of H-pyrrole nitrogens is 1. The third-order valence-electron chi connectivity index (χ3n) is 4.87. The number of rotatable bonds is 6. The van der Waals surface area contributed by atoms with Gasteiger partial charge in [-0.1, -0.05) is 67.6 Å². The fourth-order valence-electron chi connectivity index (χ4n) is 3.42. The van der Waals surface area contributed by atoms with E-state index >= 15 is 0 Å². The molecule has 1 atom stereocenters. The summed E-state index contributed by atoms with van der Waals surface area (Å²) in [6.07, 6.45) is 2.67. The maximum atomic E-state index is 14.3. The molecule has 140 valence electrons. The van der Waals surface area contributed by atoms with Crippen LogP contribution in [0, 0.1) is 5.82 Å². The SMILES string of the molecule is CCc1cccc2c(C(=O)[C@H](Sc3ccccc3F)c3ccccc3)c[nH]c12. The zero-order valence-electron chi connectivity index (χ0n) is 15.5. The lowest BCUT2D eigenvalue weighted by molar-refractivity contribution is 0.0991. The fraction of sp³-hybridized carbons (Fsp3) is 0.125. The molecule has 4 heteroatoms. The summed E-state index contributed by atoms with van der Waals surface area (Å²) < 4.78 is 14.3. The number of aromatic nitrogens is 1. The number of thioether (sulfide) groups is 1. The lowest BCUT2D eigenvalue weighted by Crippen LogP contribution is -2.10. The maximum Gasteiger partial charge on any atom is 0.182 e. The van der Waals surface area contributed by atoms with Crippen LogP contribution in [0.4, 0.5) is 4.39 Å². The van der Waals surface area contributed by atoms with Crippen LogP contribution in [-0.2, 0) is 6.42 Å². The van der Waals surface area contributed by atoms with E-state index in [0.29, 0.717) is 10.5 Å². The summed E-state index contributed by atoms with van der Waals surface area (Å²) in [5.41, 5.74) is 3.68. The number of carbonyl (C=O) groups excluding carboxylic acids is 1. The van der Waals surface area contributed by atoms with E-state index in [1.807, 2.05) is 42.5 Å². The number of ketones is 1. The van der Waals surface area contributed by atoms with Crippen LogP contribution < -0.4 is 0 Å². The van der Waals surface area contributed by atoms with Gasteiger partial charge >= 0.3 is 0 Å². The molecule has 0 bridgehead atoms. The van der Waals surface area contributed by atoms with Gasteiger partial charge < -0.3 is 4.98 Å². The number of benzene rings is 3. The van der Waals surface area contributed by atoms with E-state index in [1.54, 1.807) is 24.4 Å². The predicted molar refractivity (Wildman–Crippen MR) is 113 cm³/mol. The van der Waals surface area contributed by atoms with Crippen LogP contribution in [0.3, 0.4) is 0 Å². The van der Waals surface area contributed by atoms with Gasteiger partial charge in [-0.05, 0) is 29.7 Å². The Kier molecular flexibility index (Phi) is 5.31. The molecule has 1 N–H and O–H groups in total. The summed E-state index contributed by atoms with van der Waals surface area (Å²) in [5.74, 6) is -0.340. The summed E-state index contributed by atoms with van der Waals surface area (Å²) in [4.78, 5) is 17.3. The fourth-order valence-corrected chi connectivity index (χ4v) is 4.54. The van der Waals surface area contributed by atoms with Gasteiger partial charge in [0.05, 0.1) is 5.25 Å². The van der Waals surface area contributed by atoms with Crippen LogP contribution in [0.15, 0.2) is 83.9 Å². The topological polar surface area (TPSA) is 32.9 Å². The minimum absolute atomic E-state index is 0.0287. The van der Waals surface area contributed by atoms with Crippen molar-refractivity contribution in [2.75, 3.05) is 0 Å². The average Bonchev–Trinajstić information content (AvgIpc) is 3.17. The second-order valence-electron chi connectivity index (χ2n) is 6.60. The first-order chi connectivity index (χ1) is 13.7. The highest BCUT2D eigenvalue weighted by Crippen LogP contribution is 2.40. The Balaban J connectivity index is 1.79. The number of fused-ring (bicyclic) bond motifs is 1. The number of hydrogen-bond donors (Lipinski definition) is 1. The van der Waals surface area contributed by atoms with Gasteiger partial charge in [0.2, 0.25) is 0 Å². The molecule has 1 aromatic heterocycles. The first-order valence-corrected chi connectivity index (χ1v) is 10.2. The Hall–Kier alpha value is -2.85. The Morgan fingerprint density at radius 1 is 1.00 bits per heavy atom. The number of para-hydroxylation sites is 1. The molecular weight excluding hydrogens is 369 g/mol. The van der Waals surface area contributed by atoms with Gasteiger partial charge in [0.1, 0.15) is 5.82 Å². The Morgan fingerprint density at radius 3 is 2.50 bits per heavy atom. The van der Waals surface area contributed by atoms with E-state index in [9.17, 15) is 9.18 Å². The minimum atomic E-state index is -0.526. The second kappa shape index (κ2) is 8.03. The smallest absolute Gasteiger partial charge is 0.182 e. The molecule has 0 fully saturated rings. The highest BCUT2D eigenvalue weighted by Gasteiger charge is 2.26. The molecule has 0 aliphatic rings. The second-order valence-corrected chi connectivity index (χ2v) is 7.75. The molecule has 0 saturated carbocycles. The molecule has 0 aliphatic heterocycles. The van der Waals surface area contributed by atoms with E-state index in [4.69, 9.17) is 0 Å². The quantitative estimate of drug-likeness (QED) is 0.298. The molecule has 0 spiro atoms. The van der Waals surface area contributed by atoms with E-state index < -0.39 is 5.25 Å². The average molecular weight is 389 g/mol. The molecule has 2 nitrogen and oxygen atoms in total. The highest BCUT2D eigenvalue weighted by molar-refractivity contribution is 8.00. The third kappa shape index (κ3) is 3.48. The first kappa shape index (κ1) is 18.5. The van der Waals surface area contributed by atoms with Crippen LogP contribution >= 0.6 is 11.8 Å². The number of aryl methyl sites for hydroxylation is 1. The van der Waals surface area contributed by atoms with E-state index in [2.05, 4.69) is 18.0 Å². The first-order valence-electron chi connectivity index (χ1n) is 9.28. The molecule has 4 aromatic rings. The standard InChI is InChI=1S/C24H20FNOS/c1-2-16-11-8-12-18-19(15-26-22(16)18)23(27)24(17-9-4-3-5-10-17)28-21-14-7-6-13-20(21)25/h3-15,24,26H,2H2,1H3/t24-/m1/s1. The lowest BCUT2D eigenvalue weighted by atomic mass is 10.0. The van der Waals surface area contributed by atoms with Crippen molar-refractivity contribution in [3.63, 3.8) is 0 Å². The number of aromatic amines is 1. The van der Waals surface area contributed by atoms with Gasteiger partial charge in [0, 0.05) is 27.6 Å². The summed E-state index contributed by atoms with van der Waals surface area (Å²) in [5, 5.41) is 0.391. The molecule has 0 saturated heterocycles. The summed E-state index contributed by atoms with van der Waals surface area (Å²) >= 11 is 1.25. The number of halogens is 1. The number of carbonyl (C=O) groups is 1. The Bertz CT molecular complexity index is 1120. The summed E-state index contributed by atoms with van der Waals surface area (Å²) in [7, 11) is 0. The van der Waals surface area contributed by atoms with Crippen molar-refractivity contribution >= 4 is 28.4 Å². The van der Waals surface area contributed by atoms with E-state index in [0.717, 1.165) is 22.9 Å². The van der Waals surface area contributed by atoms with E-state index in [1.165, 1.54) is 23.4 Å². The van der Waals surface area contributed by atoms with Gasteiger partial charge in [0.25, 0.3) is 0 Å².